The van der Waals surface area contributed by atoms with Crippen LogP contribution in [0.4, 0.5) is 23.2 Å². The molecule has 3 amide bonds. The average Bonchev–Trinajstić information content (AvgIpc) is 2.85. The topological polar surface area (TPSA) is 114 Å². The molecular weight excluding hydrogens is 494 g/mol. The number of amides is 3. The van der Waals surface area contributed by atoms with Crippen molar-refractivity contribution >= 4 is 23.4 Å². The quantitative estimate of drug-likeness (QED) is 0.476. The molecule has 0 aromatic heterocycles. The molecule has 1 saturated carbocycles. The number of carbonyl (C=O) groups is 3. The van der Waals surface area contributed by atoms with Crippen LogP contribution in [0.2, 0.25) is 0 Å². The third-order valence-electron chi connectivity index (χ3n) is 7.52. The zero-order valence-corrected chi connectivity index (χ0v) is 20.3. The van der Waals surface area contributed by atoms with E-state index in [1.54, 1.807) is 0 Å². The number of alkyl halides is 2. The SMILES string of the molecule is C[C@H](Nc1cc(F)ccc1F)C(=O)N1[C@H]2CC[C@@H]([C@H]1C(=O)N[C@@H](C#N)C[C@H]1CCCNC1=O)C(F)(F)C2. The highest BCUT2D eigenvalue weighted by molar-refractivity contribution is 5.92. The van der Waals surface area contributed by atoms with E-state index in [9.17, 15) is 37.2 Å². The van der Waals surface area contributed by atoms with Crippen LogP contribution < -0.4 is 16.0 Å². The lowest BCUT2D eigenvalue weighted by atomic mass is 9.71. The van der Waals surface area contributed by atoms with Gasteiger partial charge in [0.15, 0.2) is 0 Å². The molecule has 3 N–H and O–H groups in total. The maximum absolute atomic E-state index is 14.9. The minimum Gasteiger partial charge on any atom is -0.371 e. The Labute approximate surface area is 211 Å². The van der Waals surface area contributed by atoms with E-state index in [0.717, 1.165) is 29.5 Å². The van der Waals surface area contributed by atoms with Crippen LogP contribution in [0.15, 0.2) is 18.2 Å². The van der Waals surface area contributed by atoms with Crippen molar-refractivity contribution in [2.75, 3.05) is 11.9 Å². The van der Waals surface area contributed by atoms with E-state index in [0.29, 0.717) is 13.0 Å². The number of rotatable bonds is 7. The Bertz CT molecular complexity index is 1110. The van der Waals surface area contributed by atoms with Crippen LogP contribution in [-0.2, 0) is 14.4 Å². The molecule has 1 aromatic carbocycles. The van der Waals surface area contributed by atoms with Gasteiger partial charge in [0.25, 0.3) is 5.92 Å². The molecule has 0 unspecified atom stereocenters. The van der Waals surface area contributed by atoms with E-state index < -0.39 is 71.8 Å². The van der Waals surface area contributed by atoms with Crippen molar-refractivity contribution in [3.8, 4) is 6.07 Å². The number of halogens is 4. The van der Waals surface area contributed by atoms with E-state index in [2.05, 4.69) is 16.0 Å². The molecule has 0 spiro atoms. The second-order valence-electron chi connectivity index (χ2n) is 10.0. The minimum atomic E-state index is -3.20. The van der Waals surface area contributed by atoms with E-state index in [-0.39, 0.29) is 30.9 Å². The van der Waals surface area contributed by atoms with Crippen LogP contribution in [-0.4, -0.2) is 59.3 Å². The second-order valence-corrected chi connectivity index (χ2v) is 10.0. The van der Waals surface area contributed by atoms with Crippen molar-refractivity contribution in [2.24, 2.45) is 11.8 Å². The Morgan fingerprint density at radius 3 is 2.70 bits per heavy atom. The van der Waals surface area contributed by atoms with Gasteiger partial charge in [-0.2, -0.15) is 5.26 Å². The Morgan fingerprint density at radius 1 is 1.27 bits per heavy atom. The molecule has 4 aliphatic rings. The molecule has 6 atom stereocenters. The van der Waals surface area contributed by atoms with Gasteiger partial charge in [-0.3, -0.25) is 14.4 Å². The molecule has 3 heterocycles. The first-order valence-electron chi connectivity index (χ1n) is 12.4. The van der Waals surface area contributed by atoms with Crippen molar-refractivity contribution in [1.29, 1.82) is 5.26 Å². The number of hydrogen-bond acceptors (Lipinski definition) is 5. The van der Waals surface area contributed by atoms with Gasteiger partial charge in [0.2, 0.25) is 17.7 Å². The van der Waals surface area contributed by atoms with Gasteiger partial charge < -0.3 is 20.9 Å². The summed E-state index contributed by atoms with van der Waals surface area (Å²) in [5.41, 5.74) is -0.273. The molecule has 5 rings (SSSR count). The molecule has 3 aliphatic heterocycles. The molecule has 0 radical (unpaired) electrons. The number of nitriles is 1. The molecule has 8 nitrogen and oxygen atoms in total. The number of nitrogens with one attached hydrogen (secondary N) is 3. The second kappa shape index (κ2) is 10.6. The first-order chi connectivity index (χ1) is 17.5. The summed E-state index contributed by atoms with van der Waals surface area (Å²) < 4.78 is 57.5. The maximum Gasteiger partial charge on any atom is 0.255 e. The molecule has 4 fully saturated rings. The molecule has 1 aliphatic carbocycles. The van der Waals surface area contributed by atoms with Gasteiger partial charge in [-0.25, -0.2) is 17.6 Å². The number of hydrogen-bond donors (Lipinski definition) is 3. The maximum atomic E-state index is 14.9. The van der Waals surface area contributed by atoms with Gasteiger partial charge in [0.05, 0.1) is 17.7 Å². The number of piperidine rings is 3. The zero-order chi connectivity index (χ0) is 26.9. The summed E-state index contributed by atoms with van der Waals surface area (Å²) in [5.74, 6) is -8.52. The largest absolute Gasteiger partial charge is 0.371 e. The van der Waals surface area contributed by atoms with E-state index >= 15 is 0 Å². The van der Waals surface area contributed by atoms with Crippen LogP contribution >= 0.6 is 0 Å². The highest BCUT2D eigenvalue weighted by Crippen LogP contribution is 2.49. The zero-order valence-electron chi connectivity index (χ0n) is 20.3. The van der Waals surface area contributed by atoms with Crippen LogP contribution in [0, 0.1) is 34.8 Å². The van der Waals surface area contributed by atoms with Crippen molar-refractivity contribution < 1.29 is 31.9 Å². The summed E-state index contributed by atoms with van der Waals surface area (Å²) in [6.45, 7) is 1.91. The Kier molecular flexibility index (Phi) is 7.62. The van der Waals surface area contributed by atoms with Crippen molar-refractivity contribution in [2.45, 2.75) is 75.5 Å². The summed E-state index contributed by atoms with van der Waals surface area (Å²) in [6, 6.07) is -0.139. The van der Waals surface area contributed by atoms with Crippen molar-refractivity contribution in [1.82, 2.24) is 15.5 Å². The monoisotopic (exact) mass is 523 g/mol. The summed E-state index contributed by atoms with van der Waals surface area (Å²) in [5, 5.41) is 17.4. The molecule has 12 heteroatoms. The fourth-order valence-electron chi connectivity index (χ4n) is 5.70. The third-order valence-corrected chi connectivity index (χ3v) is 7.52. The van der Waals surface area contributed by atoms with Gasteiger partial charge in [0, 0.05) is 24.9 Å². The van der Waals surface area contributed by atoms with Crippen molar-refractivity contribution in [3.63, 3.8) is 0 Å². The van der Waals surface area contributed by atoms with Gasteiger partial charge >= 0.3 is 0 Å². The minimum absolute atomic E-state index is 0.0160. The number of nitrogens with zero attached hydrogens (tertiary/aromatic N) is 2. The Hall–Kier alpha value is -3.36. The summed E-state index contributed by atoms with van der Waals surface area (Å²) >= 11 is 0. The van der Waals surface area contributed by atoms with E-state index in [4.69, 9.17) is 0 Å². The lowest BCUT2D eigenvalue weighted by Crippen LogP contribution is -2.70. The number of anilines is 1. The van der Waals surface area contributed by atoms with Gasteiger partial charge in [0.1, 0.15) is 29.8 Å². The van der Waals surface area contributed by atoms with Crippen molar-refractivity contribution in [3.05, 3.63) is 29.8 Å². The highest BCUT2D eigenvalue weighted by Gasteiger charge is 2.60. The van der Waals surface area contributed by atoms with Crippen LogP contribution in [0.1, 0.15) is 45.4 Å². The van der Waals surface area contributed by atoms with Crippen LogP contribution in [0.5, 0.6) is 0 Å². The smallest absolute Gasteiger partial charge is 0.255 e. The number of fused-ring (bicyclic) bond motifs is 3. The van der Waals surface area contributed by atoms with Crippen LogP contribution in [0.25, 0.3) is 0 Å². The first-order valence-corrected chi connectivity index (χ1v) is 12.4. The first kappa shape index (κ1) is 26.7. The molecule has 1 aromatic rings. The van der Waals surface area contributed by atoms with E-state index in [1.807, 2.05) is 6.07 Å². The fraction of sp³-hybridized carbons (Fsp3) is 0.600. The van der Waals surface area contributed by atoms with Crippen LogP contribution in [0.3, 0.4) is 0 Å². The third kappa shape index (κ3) is 5.50. The Morgan fingerprint density at radius 2 is 2.03 bits per heavy atom. The predicted octanol–water partition coefficient (Wildman–Crippen LogP) is 2.70. The lowest BCUT2D eigenvalue weighted by Gasteiger charge is -2.54. The van der Waals surface area contributed by atoms with E-state index in [1.165, 1.54) is 6.92 Å². The highest BCUT2D eigenvalue weighted by atomic mass is 19.3. The standard InChI is InChI=1S/C25H29F4N5O3/c1-13(32-20-10-15(26)4-7-19(20)27)24(37)34-17-5-6-18(25(28,29)11-17)21(34)23(36)33-16(12-30)9-14-3-2-8-31-22(14)35/h4,7,10,13-14,16-18,21,32H,2-3,5-6,8-9,11H2,1H3,(H,31,35)(H,33,36)/t13-,14+,16+,17-,18-,21-/m0/s1. The number of carbonyl (C=O) groups excluding carboxylic acids is 3. The molecule has 2 bridgehead atoms. The Balaban J connectivity index is 1.54. The summed E-state index contributed by atoms with van der Waals surface area (Å²) in [4.78, 5) is 40.0. The fourth-order valence-corrected chi connectivity index (χ4v) is 5.70. The average molecular weight is 524 g/mol. The van der Waals surface area contributed by atoms with Gasteiger partial charge in [-0.15, -0.1) is 0 Å². The van der Waals surface area contributed by atoms with Gasteiger partial charge in [-0.05, 0) is 57.2 Å². The molecular formula is C25H29F4N5O3. The summed E-state index contributed by atoms with van der Waals surface area (Å²) in [6.07, 6.45) is 0.952. The number of benzene rings is 1. The molecule has 200 valence electrons. The predicted molar refractivity (Wildman–Crippen MR) is 124 cm³/mol. The molecule has 37 heavy (non-hydrogen) atoms. The summed E-state index contributed by atoms with van der Waals surface area (Å²) in [7, 11) is 0. The molecule has 3 saturated heterocycles. The lowest BCUT2D eigenvalue weighted by molar-refractivity contribution is -0.194. The normalized spacial score (nSPS) is 28.0. The van der Waals surface area contributed by atoms with Gasteiger partial charge in [-0.1, -0.05) is 0 Å².